The molecule has 3 rings (SSSR count). The van der Waals surface area contributed by atoms with Gasteiger partial charge in [-0.15, -0.1) is 11.3 Å². The van der Waals surface area contributed by atoms with Gasteiger partial charge in [0.2, 0.25) is 0 Å². The van der Waals surface area contributed by atoms with E-state index in [1.807, 2.05) is 0 Å². The smallest absolute Gasteiger partial charge is 0.321 e. The standard InChI is InChI=1S/C17H16F6N2S/c18-16(19,20)11-7-10(8-12(9-11)17(21,22)23)5-6-25-13-3-1-2-4-14(13)26-15(25)24/h7-9,24H,1-6H2. The first kappa shape index (κ1) is 19.0. The highest BCUT2D eigenvalue weighted by atomic mass is 32.1. The third kappa shape index (κ3) is 3.97. The van der Waals surface area contributed by atoms with Gasteiger partial charge in [0.1, 0.15) is 0 Å². The minimum absolute atomic E-state index is 0.00667. The van der Waals surface area contributed by atoms with E-state index in [2.05, 4.69) is 0 Å². The van der Waals surface area contributed by atoms with Crippen molar-refractivity contribution in [1.29, 1.82) is 5.41 Å². The van der Waals surface area contributed by atoms with E-state index in [4.69, 9.17) is 5.41 Å². The van der Waals surface area contributed by atoms with Crippen molar-refractivity contribution in [3.63, 3.8) is 0 Å². The molecule has 1 N–H and O–H groups in total. The summed E-state index contributed by atoms with van der Waals surface area (Å²) in [6.07, 6.45) is -5.99. The van der Waals surface area contributed by atoms with Gasteiger partial charge >= 0.3 is 12.4 Å². The van der Waals surface area contributed by atoms with Gasteiger partial charge in [-0.2, -0.15) is 26.3 Å². The average molecular weight is 394 g/mol. The molecule has 9 heteroatoms. The molecule has 1 aliphatic carbocycles. The van der Waals surface area contributed by atoms with E-state index in [9.17, 15) is 26.3 Å². The molecule has 0 saturated carbocycles. The van der Waals surface area contributed by atoms with Crippen molar-refractivity contribution in [3.05, 3.63) is 50.3 Å². The second-order valence-corrected chi connectivity index (χ2v) is 7.38. The number of aryl methyl sites for hydroxylation is 2. The van der Waals surface area contributed by atoms with Crippen LogP contribution >= 0.6 is 11.3 Å². The van der Waals surface area contributed by atoms with Crippen LogP contribution in [0.2, 0.25) is 0 Å². The van der Waals surface area contributed by atoms with Crippen molar-refractivity contribution >= 4 is 11.3 Å². The molecule has 0 bridgehead atoms. The molecule has 1 aromatic heterocycles. The number of hydrogen-bond donors (Lipinski definition) is 1. The highest BCUT2D eigenvalue weighted by Gasteiger charge is 2.36. The van der Waals surface area contributed by atoms with Crippen molar-refractivity contribution in [2.75, 3.05) is 0 Å². The van der Waals surface area contributed by atoms with Crippen molar-refractivity contribution in [3.8, 4) is 0 Å². The normalized spacial score (nSPS) is 15.2. The first-order valence-corrected chi connectivity index (χ1v) is 8.91. The lowest BCUT2D eigenvalue weighted by Crippen LogP contribution is -2.19. The maximum Gasteiger partial charge on any atom is 0.416 e. The zero-order chi connectivity index (χ0) is 19.1. The van der Waals surface area contributed by atoms with Crippen LogP contribution in [0, 0.1) is 5.41 Å². The summed E-state index contributed by atoms with van der Waals surface area (Å²) in [6, 6.07) is 1.66. The monoisotopic (exact) mass is 394 g/mol. The first-order valence-electron chi connectivity index (χ1n) is 8.10. The van der Waals surface area contributed by atoms with Gasteiger partial charge in [0, 0.05) is 17.1 Å². The van der Waals surface area contributed by atoms with Gasteiger partial charge < -0.3 is 4.57 Å². The number of fused-ring (bicyclic) bond motifs is 1. The predicted octanol–water partition coefficient (Wildman–Crippen LogP) is 5.19. The Kier molecular flexibility index (Phi) is 4.94. The van der Waals surface area contributed by atoms with Crippen LogP contribution in [0.5, 0.6) is 0 Å². The molecule has 1 heterocycles. The number of benzene rings is 1. The summed E-state index contributed by atoms with van der Waals surface area (Å²) in [5.41, 5.74) is -1.64. The van der Waals surface area contributed by atoms with Crippen molar-refractivity contribution < 1.29 is 26.3 Å². The fraction of sp³-hybridized carbons (Fsp3) is 0.471. The molecule has 0 aliphatic heterocycles. The summed E-state index contributed by atoms with van der Waals surface area (Å²) in [4.78, 5) is 1.39. The van der Waals surface area contributed by atoms with Crippen molar-refractivity contribution in [1.82, 2.24) is 4.57 Å². The number of thiazole rings is 1. The second-order valence-electron chi connectivity index (χ2n) is 6.30. The van der Waals surface area contributed by atoms with Gasteiger partial charge in [-0.05, 0) is 55.9 Å². The third-order valence-corrected chi connectivity index (χ3v) is 5.55. The predicted molar refractivity (Wildman–Crippen MR) is 85.0 cm³/mol. The number of nitrogens with zero attached hydrogens (tertiary/aromatic N) is 1. The number of aromatic nitrogens is 1. The zero-order valence-corrected chi connectivity index (χ0v) is 14.4. The lowest BCUT2D eigenvalue weighted by molar-refractivity contribution is -0.143. The van der Waals surface area contributed by atoms with Crippen LogP contribution in [0.4, 0.5) is 26.3 Å². The van der Waals surface area contributed by atoms with Gasteiger partial charge in [0.05, 0.1) is 11.1 Å². The number of halogens is 6. The Hall–Kier alpha value is -1.77. The molecule has 1 aromatic carbocycles. The van der Waals surface area contributed by atoms with Crippen LogP contribution in [-0.2, 0) is 38.2 Å². The van der Waals surface area contributed by atoms with Crippen molar-refractivity contribution in [2.45, 2.75) is 51.0 Å². The molecule has 0 radical (unpaired) electrons. The fourth-order valence-electron chi connectivity index (χ4n) is 3.19. The summed E-state index contributed by atoms with van der Waals surface area (Å²) in [5.74, 6) is 0. The Balaban J connectivity index is 1.91. The number of hydrogen-bond acceptors (Lipinski definition) is 2. The Labute approximate surface area is 149 Å². The van der Waals surface area contributed by atoms with E-state index >= 15 is 0 Å². The van der Waals surface area contributed by atoms with Crippen molar-refractivity contribution in [2.24, 2.45) is 0 Å². The van der Waals surface area contributed by atoms with Crippen LogP contribution in [0.25, 0.3) is 0 Å². The second kappa shape index (κ2) is 6.75. The molecule has 2 aromatic rings. The molecule has 0 amide bonds. The Morgan fingerprint density at radius 3 is 2.08 bits per heavy atom. The van der Waals surface area contributed by atoms with E-state index in [0.717, 1.165) is 48.4 Å². The van der Waals surface area contributed by atoms with Gasteiger partial charge in [-0.25, -0.2) is 0 Å². The van der Waals surface area contributed by atoms with E-state index in [-0.39, 0.29) is 24.6 Å². The molecule has 0 atom stereocenters. The molecule has 0 fully saturated rings. The zero-order valence-electron chi connectivity index (χ0n) is 13.6. The maximum atomic E-state index is 12.9. The molecule has 0 spiro atoms. The number of nitrogens with one attached hydrogen (secondary N) is 1. The van der Waals surface area contributed by atoms with Crippen LogP contribution in [-0.4, -0.2) is 4.57 Å². The number of alkyl halides is 6. The topological polar surface area (TPSA) is 28.8 Å². The minimum atomic E-state index is -4.84. The highest BCUT2D eigenvalue weighted by Crippen LogP contribution is 2.36. The van der Waals surface area contributed by atoms with Crippen LogP contribution in [0.1, 0.15) is 40.1 Å². The van der Waals surface area contributed by atoms with E-state index in [1.54, 1.807) is 4.57 Å². The minimum Gasteiger partial charge on any atom is -0.321 e. The molecule has 0 saturated heterocycles. The lowest BCUT2D eigenvalue weighted by atomic mass is 10.0. The van der Waals surface area contributed by atoms with Gasteiger partial charge in [0.25, 0.3) is 0 Å². The van der Waals surface area contributed by atoms with E-state index < -0.39 is 23.5 Å². The molecule has 26 heavy (non-hydrogen) atoms. The summed E-state index contributed by atoms with van der Waals surface area (Å²) in [5, 5.41) is 8.04. The average Bonchev–Trinajstić information content (AvgIpc) is 2.86. The third-order valence-electron chi connectivity index (χ3n) is 4.45. The molecule has 1 aliphatic rings. The highest BCUT2D eigenvalue weighted by molar-refractivity contribution is 7.09. The Morgan fingerprint density at radius 1 is 0.923 bits per heavy atom. The summed E-state index contributed by atoms with van der Waals surface area (Å²) in [6.45, 7) is 0.198. The molecular weight excluding hydrogens is 378 g/mol. The summed E-state index contributed by atoms with van der Waals surface area (Å²) >= 11 is 1.34. The van der Waals surface area contributed by atoms with E-state index in [0.29, 0.717) is 4.80 Å². The van der Waals surface area contributed by atoms with Gasteiger partial charge in [0.15, 0.2) is 4.80 Å². The first-order chi connectivity index (χ1) is 12.1. The largest absolute Gasteiger partial charge is 0.416 e. The molecule has 0 unspecified atom stereocenters. The van der Waals surface area contributed by atoms with Crippen LogP contribution < -0.4 is 4.80 Å². The van der Waals surface area contributed by atoms with E-state index in [1.165, 1.54) is 11.3 Å². The van der Waals surface area contributed by atoms with Gasteiger partial charge in [-0.3, -0.25) is 5.41 Å². The van der Waals surface area contributed by atoms with Crippen LogP contribution in [0.15, 0.2) is 18.2 Å². The summed E-state index contributed by atoms with van der Waals surface area (Å²) in [7, 11) is 0. The fourth-order valence-corrected chi connectivity index (χ4v) is 4.31. The van der Waals surface area contributed by atoms with Crippen LogP contribution in [0.3, 0.4) is 0 Å². The summed E-state index contributed by atoms with van der Waals surface area (Å²) < 4.78 is 79.3. The van der Waals surface area contributed by atoms with Gasteiger partial charge in [-0.1, -0.05) is 0 Å². The lowest BCUT2D eigenvalue weighted by Gasteiger charge is -2.16. The molecular formula is C17H16F6N2S. The quantitative estimate of drug-likeness (QED) is 0.695. The SMILES string of the molecule is N=c1sc2c(n1CCc1cc(C(F)(F)F)cc(C(F)(F)F)c1)CCCC2. The molecule has 2 nitrogen and oxygen atoms in total. The molecule has 142 valence electrons. The Morgan fingerprint density at radius 2 is 1.50 bits per heavy atom. The number of rotatable bonds is 3. The Bertz CT molecular complexity index is 827. The maximum absolute atomic E-state index is 12.9.